The van der Waals surface area contributed by atoms with Gasteiger partial charge in [0.2, 0.25) is 35.4 Å². The number of carboxylic acids is 1. The number of aliphatic hydroxyl groups is 2. The number of hydrogen-bond acceptors (Lipinski definition) is 10. The zero-order chi connectivity index (χ0) is 36.8. The molecule has 6 amide bonds. The van der Waals surface area contributed by atoms with Gasteiger partial charge in [0.05, 0.1) is 18.2 Å². The molecule has 0 radical (unpaired) electrons. The van der Waals surface area contributed by atoms with Crippen molar-refractivity contribution in [3.8, 4) is 0 Å². The van der Waals surface area contributed by atoms with Gasteiger partial charge in [-0.15, -0.1) is 0 Å². The highest BCUT2D eigenvalue weighted by Crippen LogP contribution is 2.12. The Labute approximate surface area is 275 Å². The summed E-state index contributed by atoms with van der Waals surface area (Å²) in [4.78, 5) is 88.5. The molecule has 0 rings (SSSR count). The first-order valence-corrected chi connectivity index (χ1v) is 15.8. The van der Waals surface area contributed by atoms with Crippen molar-refractivity contribution < 1.29 is 48.9 Å². The molecule has 0 spiro atoms. The summed E-state index contributed by atoms with van der Waals surface area (Å²) in [7, 11) is 0. The minimum Gasteiger partial charge on any atom is -0.480 e. The first kappa shape index (κ1) is 43.2. The molecule has 0 aliphatic carbocycles. The first-order valence-electron chi connectivity index (χ1n) is 15.8. The Morgan fingerprint density at radius 3 is 1.51 bits per heavy atom. The first-order chi connectivity index (χ1) is 21.6. The Balaban J connectivity index is 6.02. The lowest BCUT2D eigenvalue weighted by Gasteiger charge is -2.30. The average Bonchev–Trinajstić information content (AvgIpc) is 2.95. The Kier molecular flexibility index (Phi) is 18.8. The fourth-order valence-electron chi connectivity index (χ4n) is 4.46. The summed E-state index contributed by atoms with van der Waals surface area (Å²) in [6.07, 6.45) is -2.90. The summed E-state index contributed by atoms with van der Waals surface area (Å²) in [6, 6.07) is -8.07. The molecule has 0 aliphatic rings. The lowest BCUT2D eigenvalue weighted by atomic mass is 9.95. The molecule has 0 saturated carbocycles. The number of carboxylic acid groups (broad SMARTS) is 1. The lowest BCUT2D eigenvalue weighted by Crippen LogP contribution is -2.62. The Bertz CT molecular complexity index is 1100. The maximum Gasteiger partial charge on any atom is 0.328 e. The van der Waals surface area contributed by atoms with E-state index in [1.54, 1.807) is 20.8 Å². The van der Waals surface area contributed by atoms with Crippen LogP contribution in [0.5, 0.6) is 0 Å². The topological polar surface area (TPSA) is 292 Å². The number of hydrogen-bond donors (Lipinski definition) is 10. The van der Waals surface area contributed by atoms with E-state index < -0.39 is 102 Å². The van der Waals surface area contributed by atoms with Crippen molar-refractivity contribution in [2.75, 3.05) is 0 Å². The van der Waals surface area contributed by atoms with Crippen LogP contribution in [-0.2, 0) is 33.6 Å². The Hall–Kier alpha value is -3.83. The zero-order valence-electron chi connectivity index (χ0n) is 28.5. The van der Waals surface area contributed by atoms with Crippen molar-refractivity contribution in [3.63, 3.8) is 0 Å². The SMILES string of the molecule is CC[C@H](C)[C@H](NC(=O)[C@@H](N)CC(C)C)C(=O)N[C@H](C(=O)N[C@H](C(=O)N[C@@H](CCC(N)=O)C(=O)N[C@H](C(=O)O)[C@@H](C)O)[C@@H](C)O)C(C)C. The molecule has 0 unspecified atom stereocenters. The van der Waals surface area contributed by atoms with Gasteiger partial charge in [0.25, 0.3) is 0 Å². The summed E-state index contributed by atoms with van der Waals surface area (Å²) in [5, 5.41) is 41.4. The summed E-state index contributed by atoms with van der Waals surface area (Å²) < 4.78 is 0. The molecule has 17 heteroatoms. The van der Waals surface area contributed by atoms with Crippen LogP contribution < -0.4 is 38.1 Å². The van der Waals surface area contributed by atoms with E-state index >= 15 is 0 Å². The highest BCUT2D eigenvalue weighted by Gasteiger charge is 2.36. The molecular formula is C30H55N7O10. The van der Waals surface area contributed by atoms with Crippen LogP contribution in [0.15, 0.2) is 0 Å². The van der Waals surface area contributed by atoms with Crippen LogP contribution in [0.3, 0.4) is 0 Å². The minimum atomic E-state index is -1.74. The second kappa shape index (κ2) is 20.4. The molecule has 0 aliphatic heterocycles. The summed E-state index contributed by atoms with van der Waals surface area (Å²) in [5.74, 6) is -7.30. The molecule has 0 bridgehead atoms. The van der Waals surface area contributed by atoms with Gasteiger partial charge in [-0.05, 0) is 44.4 Å². The number of carbonyl (C=O) groups excluding carboxylic acids is 6. The number of nitrogens with one attached hydrogen (secondary N) is 5. The van der Waals surface area contributed by atoms with E-state index in [1.165, 1.54) is 6.92 Å². The van der Waals surface area contributed by atoms with Crippen molar-refractivity contribution in [2.45, 2.75) is 130 Å². The average molecular weight is 674 g/mol. The summed E-state index contributed by atoms with van der Waals surface area (Å²) >= 11 is 0. The molecule has 47 heavy (non-hydrogen) atoms. The van der Waals surface area contributed by atoms with E-state index in [-0.39, 0.29) is 18.3 Å². The molecule has 0 saturated heterocycles. The predicted molar refractivity (Wildman–Crippen MR) is 171 cm³/mol. The van der Waals surface area contributed by atoms with Gasteiger partial charge >= 0.3 is 5.97 Å². The number of carbonyl (C=O) groups is 7. The lowest BCUT2D eigenvalue weighted by molar-refractivity contribution is -0.145. The Morgan fingerprint density at radius 2 is 1.09 bits per heavy atom. The van der Waals surface area contributed by atoms with Crippen LogP contribution in [0.4, 0.5) is 0 Å². The number of aliphatic carboxylic acids is 1. The van der Waals surface area contributed by atoms with Crippen LogP contribution in [0, 0.1) is 17.8 Å². The van der Waals surface area contributed by atoms with Gasteiger partial charge in [-0.1, -0.05) is 48.0 Å². The minimum absolute atomic E-state index is 0.137. The number of nitrogens with two attached hydrogens (primary N) is 2. The van der Waals surface area contributed by atoms with Crippen LogP contribution in [0.1, 0.15) is 81.1 Å². The Morgan fingerprint density at radius 1 is 0.638 bits per heavy atom. The van der Waals surface area contributed by atoms with Gasteiger partial charge in [0, 0.05) is 6.42 Å². The summed E-state index contributed by atoms with van der Waals surface area (Å²) in [5.41, 5.74) is 11.2. The van der Waals surface area contributed by atoms with Gasteiger partial charge < -0.3 is 53.4 Å². The largest absolute Gasteiger partial charge is 0.480 e. The van der Waals surface area contributed by atoms with Gasteiger partial charge in [0.15, 0.2) is 6.04 Å². The van der Waals surface area contributed by atoms with E-state index in [1.807, 2.05) is 20.8 Å². The van der Waals surface area contributed by atoms with Crippen molar-refractivity contribution in [1.82, 2.24) is 26.6 Å². The van der Waals surface area contributed by atoms with Crippen LogP contribution in [-0.4, -0.2) is 105 Å². The van der Waals surface area contributed by atoms with Gasteiger partial charge in [-0.3, -0.25) is 28.8 Å². The normalized spacial score (nSPS) is 17.1. The predicted octanol–water partition coefficient (Wildman–Crippen LogP) is -2.40. The molecule has 0 aromatic carbocycles. The van der Waals surface area contributed by atoms with Crippen molar-refractivity contribution in [1.29, 1.82) is 0 Å². The highest BCUT2D eigenvalue weighted by molar-refractivity contribution is 5.96. The molecule has 17 nitrogen and oxygen atoms in total. The summed E-state index contributed by atoms with van der Waals surface area (Å²) in [6.45, 7) is 13.0. The van der Waals surface area contributed by atoms with E-state index in [2.05, 4.69) is 26.6 Å². The third kappa shape index (κ3) is 15.1. The maximum atomic E-state index is 13.4. The third-order valence-electron chi connectivity index (χ3n) is 7.52. The van der Waals surface area contributed by atoms with Crippen LogP contribution in [0.25, 0.3) is 0 Å². The molecule has 0 aromatic heterocycles. The molecular weight excluding hydrogens is 618 g/mol. The monoisotopic (exact) mass is 673 g/mol. The smallest absolute Gasteiger partial charge is 0.328 e. The van der Waals surface area contributed by atoms with Gasteiger partial charge in [-0.25, -0.2) is 4.79 Å². The van der Waals surface area contributed by atoms with Crippen molar-refractivity contribution >= 4 is 41.4 Å². The fraction of sp³-hybridized carbons (Fsp3) is 0.767. The van der Waals surface area contributed by atoms with Gasteiger partial charge in [-0.2, -0.15) is 0 Å². The standard InChI is InChI=1S/C30H55N7O10/c1-9-15(6)22(35-25(41)18(31)12-13(2)3)28(44)34-21(14(4)5)27(43)36-23(16(7)38)29(45)33-19(10-11-20(32)40)26(42)37-24(17(8)39)30(46)47/h13-19,21-24,38-39H,9-12,31H2,1-8H3,(H2,32,40)(H,33,45)(H,34,44)(H,35,41)(H,36,43)(H,37,42)(H,46,47)/t15-,16+,17+,18-,19-,21-,22-,23-,24-/m0/s1. The van der Waals surface area contributed by atoms with Crippen molar-refractivity contribution in [2.24, 2.45) is 29.2 Å². The quantitative estimate of drug-likeness (QED) is 0.0612. The molecule has 0 fully saturated rings. The van der Waals surface area contributed by atoms with E-state index in [9.17, 15) is 48.9 Å². The fourth-order valence-corrected chi connectivity index (χ4v) is 4.46. The van der Waals surface area contributed by atoms with E-state index in [0.717, 1.165) is 6.92 Å². The molecule has 270 valence electrons. The number of rotatable bonds is 21. The second-order valence-electron chi connectivity index (χ2n) is 12.7. The second-order valence-corrected chi connectivity index (χ2v) is 12.7. The maximum absolute atomic E-state index is 13.4. The van der Waals surface area contributed by atoms with E-state index in [0.29, 0.717) is 12.8 Å². The number of aliphatic hydroxyl groups excluding tert-OH is 2. The highest BCUT2D eigenvalue weighted by atomic mass is 16.4. The van der Waals surface area contributed by atoms with Crippen LogP contribution >= 0.6 is 0 Å². The molecule has 9 atom stereocenters. The number of amides is 6. The molecule has 12 N–H and O–H groups in total. The van der Waals surface area contributed by atoms with Crippen molar-refractivity contribution in [3.05, 3.63) is 0 Å². The van der Waals surface area contributed by atoms with E-state index in [4.69, 9.17) is 11.5 Å². The molecule has 0 aromatic rings. The zero-order valence-corrected chi connectivity index (χ0v) is 28.5. The number of primary amides is 1. The van der Waals surface area contributed by atoms with Gasteiger partial charge in [0.1, 0.15) is 24.2 Å². The van der Waals surface area contributed by atoms with Crippen LogP contribution in [0.2, 0.25) is 0 Å². The molecule has 0 heterocycles. The third-order valence-corrected chi connectivity index (χ3v) is 7.52.